The number of sulfonamides is 1. The van der Waals surface area contributed by atoms with Crippen LogP contribution in [-0.2, 0) is 10.0 Å². The summed E-state index contributed by atoms with van der Waals surface area (Å²) in [5, 5.41) is 10.7. The van der Waals surface area contributed by atoms with E-state index < -0.39 is 31.3 Å². The van der Waals surface area contributed by atoms with Gasteiger partial charge in [0.15, 0.2) is 4.90 Å². The lowest BCUT2D eigenvalue weighted by molar-refractivity contribution is -0.388. The molecule has 3 N–H and O–H groups in total. The molecule has 106 valence electrons. The Morgan fingerprint density at radius 3 is 2.63 bits per heavy atom. The number of rotatable bonds is 7. The first-order valence-corrected chi connectivity index (χ1v) is 7.00. The van der Waals surface area contributed by atoms with Crippen molar-refractivity contribution in [3.63, 3.8) is 0 Å². The van der Waals surface area contributed by atoms with E-state index in [1.807, 2.05) is 0 Å². The summed E-state index contributed by atoms with van der Waals surface area (Å²) < 4.78 is 38.9. The molecule has 0 saturated heterocycles. The Labute approximate surface area is 109 Å². The molecule has 0 aliphatic heterocycles. The quantitative estimate of drug-likeness (QED) is 0.437. The zero-order valence-electron chi connectivity index (χ0n) is 10.0. The predicted molar refractivity (Wildman–Crippen MR) is 66.5 cm³/mol. The van der Waals surface area contributed by atoms with Crippen LogP contribution in [0.2, 0.25) is 0 Å². The Hall–Kier alpha value is -1.58. The molecule has 7 nitrogen and oxygen atoms in total. The van der Waals surface area contributed by atoms with Crippen LogP contribution in [0.1, 0.15) is 12.8 Å². The Morgan fingerprint density at radius 1 is 1.37 bits per heavy atom. The zero-order chi connectivity index (χ0) is 14.5. The summed E-state index contributed by atoms with van der Waals surface area (Å²) in [6, 6.07) is 2.31. The number of nitrogens with one attached hydrogen (secondary N) is 1. The van der Waals surface area contributed by atoms with Crippen molar-refractivity contribution in [3.8, 4) is 0 Å². The van der Waals surface area contributed by atoms with Gasteiger partial charge >= 0.3 is 0 Å². The summed E-state index contributed by atoms with van der Waals surface area (Å²) in [6.07, 6.45) is 1.15. The molecule has 9 heteroatoms. The summed E-state index contributed by atoms with van der Waals surface area (Å²) in [4.78, 5) is 9.24. The average Bonchev–Trinajstić information content (AvgIpc) is 2.34. The second-order valence-electron chi connectivity index (χ2n) is 3.76. The van der Waals surface area contributed by atoms with E-state index in [1.54, 1.807) is 0 Å². The van der Waals surface area contributed by atoms with E-state index in [0.717, 1.165) is 12.1 Å². The molecule has 0 unspecified atom stereocenters. The van der Waals surface area contributed by atoms with Gasteiger partial charge in [-0.3, -0.25) is 10.1 Å². The maximum absolute atomic E-state index is 12.9. The largest absolute Gasteiger partial charge is 0.330 e. The lowest BCUT2D eigenvalue weighted by atomic mass is 10.3. The molecular weight excluding hydrogens is 277 g/mol. The van der Waals surface area contributed by atoms with Crippen molar-refractivity contribution in [3.05, 3.63) is 34.1 Å². The van der Waals surface area contributed by atoms with Crippen LogP contribution >= 0.6 is 0 Å². The molecule has 0 radical (unpaired) electrons. The number of halogens is 1. The van der Waals surface area contributed by atoms with Crippen LogP contribution in [0, 0.1) is 15.9 Å². The molecule has 0 aliphatic carbocycles. The molecule has 1 aromatic rings. The highest BCUT2D eigenvalue weighted by Crippen LogP contribution is 2.24. The molecule has 0 aromatic heterocycles. The van der Waals surface area contributed by atoms with E-state index in [9.17, 15) is 22.9 Å². The zero-order valence-corrected chi connectivity index (χ0v) is 10.8. The van der Waals surface area contributed by atoms with Crippen molar-refractivity contribution < 1.29 is 17.7 Å². The van der Waals surface area contributed by atoms with Crippen molar-refractivity contribution in [2.45, 2.75) is 17.7 Å². The monoisotopic (exact) mass is 291 g/mol. The smallest absolute Gasteiger partial charge is 0.292 e. The van der Waals surface area contributed by atoms with Crippen LogP contribution in [0.15, 0.2) is 23.1 Å². The summed E-state index contributed by atoms with van der Waals surface area (Å²) in [5.41, 5.74) is 4.48. The van der Waals surface area contributed by atoms with Gasteiger partial charge in [-0.2, -0.15) is 0 Å². The highest BCUT2D eigenvalue weighted by molar-refractivity contribution is 7.89. The van der Waals surface area contributed by atoms with Crippen molar-refractivity contribution >= 4 is 15.7 Å². The third-order valence-electron chi connectivity index (χ3n) is 2.33. The van der Waals surface area contributed by atoms with Crippen LogP contribution in [-0.4, -0.2) is 26.4 Å². The molecule has 0 amide bonds. The molecular formula is C10H14FN3O4S. The van der Waals surface area contributed by atoms with Gasteiger partial charge in [-0.1, -0.05) is 0 Å². The average molecular weight is 291 g/mol. The van der Waals surface area contributed by atoms with E-state index in [0.29, 0.717) is 25.5 Å². The van der Waals surface area contributed by atoms with Gasteiger partial charge in [-0.15, -0.1) is 0 Å². The Morgan fingerprint density at radius 2 is 2.05 bits per heavy atom. The predicted octanol–water partition coefficient (Wildman–Crippen LogP) is 0.751. The number of benzene rings is 1. The third-order valence-corrected chi connectivity index (χ3v) is 3.84. The number of hydrogen-bond donors (Lipinski definition) is 2. The van der Waals surface area contributed by atoms with Crippen molar-refractivity contribution in [1.29, 1.82) is 0 Å². The van der Waals surface area contributed by atoms with Crippen molar-refractivity contribution in [1.82, 2.24) is 4.72 Å². The number of nitrogens with two attached hydrogens (primary N) is 1. The van der Waals surface area contributed by atoms with Crippen LogP contribution < -0.4 is 10.5 Å². The first kappa shape index (κ1) is 15.5. The minimum Gasteiger partial charge on any atom is -0.330 e. The maximum Gasteiger partial charge on any atom is 0.292 e. The lowest BCUT2D eigenvalue weighted by Gasteiger charge is -2.07. The molecule has 19 heavy (non-hydrogen) atoms. The van der Waals surface area contributed by atoms with Gasteiger partial charge in [0.2, 0.25) is 10.0 Å². The lowest BCUT2D eigenvalue weighted by Crippen LogP contribution is -2.26. The molecule has 1 aromatic carbocycles. The van der Waals surface area contributed by atoms with Gasteiger partial charge in [-0.25, -0.2) is 17.5 Å². The molecule has 0 bridgehead atoms. The molecule has 0 aliphatic rings. The van der Waals surface area contributed by atoms with Gasteiger partial charge < -0.3 is 5.73 Å². The fourth-order valence-electron chi connectivity index (χ4n) is 1.41. The number of unbranched alkanes of at least 4 members (excludes halogenated alkanes) is 1. The second kappa shape index (κ2) is 6.55. The fraction of sp³-hybridized carbons (Fsp3) is 0.400. The van der Waals surface area contributed by atoms with Crippen LogP contribution in [0.5, 0.6) is 0 Å². The van der Waals surface area contributed by atoms with Crippen molar-refractivity contribution in [2.75, 3.05) is 13.1 Å². The first-order valence-electron chi connectivity index (χ1n) is 5.52. The molecule has 0 atom stereocenters. The number of nitro benzene ring substituents is 1. The molecule has 0 fully saturated rings. The minimum absolute atomic E-state index is 0.119. The Bertz CT molecular complexity index is 562. The number of nitrogens with zero attached hydrogens (tertiary/aromatic N) is 1. The first-order chi connectivity index (χ1) is 8.88. The standard InChI is InChI=1S/C10H14FN3O4S/c11-8-3-4-10(9(7-8)14(15)16)19(17,18)13-6-2-1-5-12/h3-4,7,13H,1-2,5-6,12H2. The van der Waals surface area contributed by atoms with Gasteiger partial charge in [0.25, 0.3) is 5.69 Å². The molecule has 0 saturated carbocycles. The molecule has 0 heterocycles. The maximum atomic E-state index is 12.9. The highest BCUT2D eigenvalue weighted by atomic mass is 32.2. The van der Waals surface area contributed by atoms with Crippen molar-refractivity contribution in [2.24, 2.45) is 5.73 Å². The topological polar surface area (TPSA) is 115 Å². The summed E-state index contributed by atoms with van der Waals surface area (Å²) in [7, 11) is -4.03. The van der Waals surface area contributed by atoms with Gasteiger partial charge in [0, 0.05) is 6.54 Å². The minimum atomic E-state index is -4.03. The number of nitro groups is 1. The van der Waals surface area contributed by atoms with E-state index >= 15 is 0 Å². The highest BCUT2D eigenvalue weighted by Gasteiger charge is 2.25. The van der Waals surface area contributed by atoms with E-state index in [2.05, 4.69) is 4.72 Å². The second-order valence-corrected chi connectivity index (χ2v) is 5.50. The van der Waals surface area contributed by atoms with E-state index in [-0.39, 0.29) is 6.54 Å². The summed E-state index contributed by atoms with van der Waals surface area (Å²) >= 11 is 0. The normalized spacial score (nSPS) is 11.5. The van der Waals surface area contributed by atoms with Gasteiger partial charge in [0.05, 0.1) is 11.0 Å². The van der Waals surface area contributed by atoms with Crippen LogP contribution in [0.3, 0.4) is 0 Å². The molecule has 1 rings (SSSR count). The fourth-order valence-corrected chi connectivity index (χ4v) is 2.64. The van der Waals surface area contributed by atoms with Crippen LogP contribution in [0.25, 0.3) is 0 Å². The SMILES string of the molecule is NCCCCNS(=O)(=O)c1ccc(F)cc1[N+](=O)[O-]. The van der Waals surface area contributed by atoms with Gasteiger partial charge in [-0.05, 0) is 31.5 Å². The Balaban J connectivity index is 2.98. The summed E-state index contributed by atoms with van der Waals surface area (Å²) in [6.45, 7) is 0.548. The van der Waals surface area contributed by atoms with Crippen LogP contribution in [0.4, 0.5) is 10.1 Å². The van der Waals surface area contributed by atoms with Gasteiger partial charge in [0.1, 0.15) is 5.82 Å². The summed E-state index contributed by atoms with van der Waals surface area (Å²) in [5.74, 6) is -0.867. The van der Waals surface area contributed by atoms with E-state index in [4.69, 9.17) is 5.73 Å². The third kappa shape index (κ3) is 4.23. The number of hydrogen-bond acceptors (Lipinski definition) is 5. The molecule has 0 spiro atoms. The Kier molecular flexibility index (Phi) is 5.33. The van der Waals surface area contributed by atoms with E-state index in [1.165, 1.54) is 0 Å².